The fourth-order valence-corrected chi connectivity index (χ4v) is 1.28. The Bertz CT molecular complexity index is 354. The summed E-state index contributed by atoms with van der Waals surface area (Å²) in [5, 5.41) is 8.54. The van der Waals surface area contributed by atoms with Crippen molar-refractivity contribution in [1.29, 1.82) is 0 Å². The maximum absolute atomic E-state index is 10.7. The Labute approximate surface area is 114 Å². The van der Waals surface area contributed by atoms with Gasteiger partial charge in [0, 0.05) is 6.42 Å². The molecule has 0 heterocycles. The van der Waals surface area contributed by atoms with Gasteiger partial charge in [-0.25, -0.2) is 0 Å². The van der Waals surface area contributed by atoms with Crippen LogP contribution in [0.2, 0.25) is 0 Å². The molecule has 5 nitrogen and oxygen atoms in total. The molecule has 0 spiro atoms. The fraction of sp³-hybridized carbons (Fsp3) is 0.571. The fourth-order valence-electron chi connectivity index (χ4n) is 1.28. The number of carboxylic acid groups (broad SMARTS) is 1. The van der Waals surface area contributed by atoms with Crippen molar-refractivity contribution in [2.45, 2.75) is 51.7 Å². The molecule has 0 saturated carbocycles. The Morgan fingerprint density at radius 3 is 2.79 bits per heavy atom. The van der Waals surface area contributed by atoms with Gasteiger partial charge in [0.2, 0.25) is 0 Å². The van der Waals surface area contributed by atoms with Crippen molar-refractivity contribution in [3.8, 4) is 11.8 Å². The van der Waals surface area contributed by atoms with E-state index in [9.17, 15) is 9.59 Å². The molecule has 0 aliphatic rings. The smallest absolute Gasteiger partial charge is 0.303 e. The summed E-state index contributed by atoms with van der Waals surface area (Å²) < 4.78 is 0. The predicted molar refractivity (Wildman–Crippen MR) is 72.2 cm³/mol. The number of rotatable bonds is 10. The molecule has 5 heteroatoms. The Hall–Kier alpha value is -1.64. The van der Waals surface area contributed by atoms with Crippen LogP contribution in [-0.4, -0.2) is 29.5 Å². The molecule has 0 amide bonds. The van der Waals surface area contributed by atoms with Crippen molar-refractivity contribution in [2.75, 3.05) is 0 Å². The number of carbonyl (C=O) groups is 2. The standard InChI is InChI=1S/C14H21NO4/c1-3-5-6-7-8-13(4-2)19-15-12(11-16)9-10-14(17)18/h6-7,11-13,15H,4,8-10H2,1-2H3,(H,17,18)/t12-,13?/m0/s1. The molecule has 0 radical (unpaired) electrons. The van der Waals surface area contributed by atoms with E-state index < -0.39 is 12.0 Å². The van der Waals surface area contributed by atoms with Crippen molar-refractivity contribution in [1.82, 2.24) is 5.48 Å². The summed E-state index contributed by atoms with van der Waals surface area (Å²) in [6.45, 7) is 3.73. The van der Waals surface area contributed by atoms with Crippen LogP contribution in [0.5, 0.6) is 0 Å². The highest BCUT2D eigenvalue weighted by molar-refractivity contribution is 5.68. The van der Waals surface area contributed by atoms with E-state index in [2.05, 4.69) is 17.3 Å². The van der Waals surface area contributed by atoms with E-state index in [1.165, 1.54) is 0 Å². The van der Waals surface area contributed by atoms with E-state index in [4.69, 9.17) is 9.94 Å². The number of hydrogen-bond acceptors (Lipinski definition) is 4. The Kier molecular flexibility index (Phi) is 10.5. The van der Waals surface area contributed by atoms with E-state index >= 15 is 0 Å². The van der Waals surface area contributed by atoms with Gasteiger partial charge >= 0.3 is 5.97 Å². The van der Waals surface area contributed by atoms with Gasteiger partial charge < -0.3 is 9.90 Å². The first kappa shape index (κ1) is 17.4. The van der Waals surface area contributed by atoms with Crippen LogP contribution in [0.1, 0.15) is 39.5 Å². The summed E-state index contributed by atoms with van der Waals surface area (Å²) in [6, 6.07) is -0.593. The van der Waals surface area contributed by atoms with Crippen molar-refractivity contribution in [3.05, 3.63) is 12.2 Å². The number of aldehydes is 1. The number of nitrogens with one attached hydrogen (secondary N) is 1. The van der Waals surface area contributed by atoms with Crippen LogP contribution in [0.15, 0.2) is 12.2 Å². The van der Waals surface area contributed by atoms with Crippen LogP contribution >= 0.6 is 0 Å². The molecular formula is C14H21NO4. The quantitative estimate of drug-likeness (QED) is 0.358. The average molecular weight is 267 g/mol. The van der Waals surface area contributed by atoms with Crippen molar-refractivity contribution >= 4 is 12.3 Å². The molecule has 0 rings (SSSR count). The number of carboxylic acids is 1. The lowest BCUT2D eigenvalue weighted by Gasteiger charge is -2.17. The molecule has 0 aliphatic carbocycles. The van der Waals surface area contributed by atoms with Crippen molar-refractivity contribution in [3.63, 3.8) is 0 Å². The maximum atomic E-state index is 10.7. The van der Waals surface area contributed by atoms with Gasteiger partial charge in [-0.2, -0.15) is 5.48 Å². The van der Waals surface area contributed by atoms with Gasteiger partial charge in [0.25, 0.3) is 0 Å². The minimum absolute atomic E-state index is 0.0669. The monoisotopic (exact) mass is 267 g/mol. The highest BCUT2D eigenvalue weighted by Crippen LogP contribution is 2.04. The van der Waals surface area contributed by atoms with Gasteiger partial charge in [-0.3, -0.25) is 9.63 Å². The summed E-state index contributed by atoms with van der Waals surface area (Å²) in [5.41, 5.74) is 2.62. The molecule has 2 atom stereocenters. The van der Waals surface area contributed by atoms with E-state index in [1.54, 1.807) is 13.0 Å². The van der Waals surface area contributed by atoms with Gasteiger partial charge in [0.1, 0.15) is 6.29 Å². The largest absolute Gasteiger partial charge is 0.481 e. The van der Waals surface area contributed by atoms with Crippen LogP contribution in [0, 0.1) is 11.8 Å². The summed E-state index contributed by atoms with van der Waals surface area (Å²) in [7, 11) is 0. The minimum Gasteiger partial charge on any atom is -0.481 e. The zero-order valence-corrected chi connectivity index (χ0v) is 11.4. The highest BCUT2D eigenvalue weighted by atomic mass is 16.7. The lowest BCUT2D eigenvalue weighted by Crippen LogP contribution is -2.34. The van der Waals surface area contributed by atoms with Gasteiger partial charge in [0.05, 0.1) is 12.1 Å². The van der Waals surface area contributed by atoms with E-state index in [0.717, 1.165) is 6.42 Å². The lowest BCUT2D eigenvalue weighted by atomic mass is 10.2. The normalized spacial score (nSPS) is 13.6. The maximum Gasteiger partial charge on any atom is 0.303 e. The second-order valence-electron chi connectivity index (χ2n) is 3.97. The van der Waals surface area contributed by atoms with Crippen LogP contribution in [0.25, 0.3) is 0 Å². The van der Waals surface area contributed by atoms with Crippen molar-refractivity contribution < 1.29 is 19.5 Å². The molecule has 0 saturated heterocycles. The topological polar surface area (TPSA) is 75.6 Å². The van der Waals surface area contributed by atoms with Gasteiger partial charge in [0.15, 0.2) is 0 Å². The first-order chi connectivity index (χ1) is 9.13. The first-order valence-corrected chi connectivity index (χ1v) is 6.29. The number of allylic oxidation sites excluding steroid dienone is 1. The molecule has 0 aromatic heterocycles. The predicted octanol–water partition coefficient (Wildman–Crippen LogP) is 1.69. The van der Waals surface area contributed by atoms with Gasteiger partial charge in [-0.1, -0.05) is 18.9 Å². The summed E-state index contributed by atoms with van der Waals surface area (Å²) in [4.78, 5) is 26.5. The van der Waals surface area contributed by atoms with E-state index in [1.807, 2.05) is 13.0 Å². The number of aliphatic carboxylic acids is 1. The zero-order chi connectivity index (χ0) is 14.5. The molecule has 2 N–H and O–H groups in total. The number of hydrogen-bond donors (Lipinski definition) is 2. The third-order valence-electron chi connectivity index (χ3n) is 2.42. The van der Waals surface area contributed by atoms with Crippen molar-refractivity contribution in [2.24, 2.45) is 0 Å². The van der Waals surface area contributed by atoms with Crippen LogP contribution in [-0.2, 0) is 14.4 Å². The molecule has 0 aromatic carbocycles. The lowest BCUT2D eigenvalue weighted by molar-refractivity contribution is -0.137. The number of hydroxylamine groups is 1. The Morgan fingerprint density at radius 2 is 2.26 bits per heavy atom. The number of carbonyl (C=O) groups excluding carboxylic acids is 1. The van der Waals surface area contributed by atoms with E-state index in [-0.39, 0.29) is 18.9 Å². The first-order valence-electron chi connectivity index (χ1n) is 6.29. The third kappa shape index (κ3) is 10.0. The molecule has 1 unspecified atom stereocenters. The molecule has 0 bridgehead atoms. The second-order valence-corrected chi connectivity index (χ2v) is 3.97. The van der Waals surface area contributed by atoms with E-state index in [0.29, 0.717) is 12.7 Å². The SMILES string of the molecule is CC#CC=CCC(CC)ON[C@H](C=O)CCC(=O)O. The molecule has 106 valence electrons. The Morgan fingerprint density at radius 1 is 1.53 bits per heavy atom. The highest BCUT2D eigenvalue weighted by Gasteiger charge is 2.12. The summed E-state index contributed by atoms with van der Waals surface area (Å²) in [6.07, 6.45) is 5.86. The Balaban J connectivity index is 4.04. The minimum atomic E-state index is -0.929. The van der Waals surface area contributed by atoms with Gasteiger partial charge in [-0.15, -0.1) is 5.92 Å². The third-order valence-corrected chi connectivity index (χ3v) is 2.42. The van der Waals surface area contributed by atoms with Crippen LogP contribution < -0.4 is 5.48 Å². The molecule has 19 heavy (non-hydrogen) atoms. The molecule has 0 aromatic rings. The van der Waals surface area contributed by atoms with Crippen LogP contribution in [0.4, 0.5) is 0 Å². The van der Waals surface area contributed by atoms with Gasteiger partial charge in [-0.05, 0) is 32.3 Å². The average Bonchev–Trinajstić information content (AvgIpc) is 2.40. The summed E-state index contributed by atoms with van der Waals surface area (Å²) >= 11 is 0. The molecule has 0 aliphatic heterocycles. The van der Waals surface area contributed by atoms with Crippen LogP contribution in [0.3, 0.4) is 0 Å². The molecular weight excluding hydrogens is 246 g/mol. The molecule has 0 fully saturated rings. The zero-order valence-electron chi connectivity index (χ0n) is 11.4. The second kappa shape index (κ2) is 11.5. The summed E-state index contributed by atoms with van der Waals surface area (Å²) in [5.74, 6) is 4.63.